The molecule has 0 atom stereocenters. The molecule has 0 spiro atoms. The highest BCUT2D eigenvalue weighted by atomic mass is 79.9. The number of carbonyl (C=O) groups is 1. The average Bonchev–Trinajstić information content (AvgIpc) is 2.67. The summed E-state index contributed by atoms with van der Waals surface area (Å²) in [6.45, 7) is 6.48. The van der Waals surface area contributed by atoms with Gasteiger partial charge in [0.25, 0.3) is 5.91 Å². The Morgan fingerprint density at radius 2 is 2.16 bits per heavy atom. The van der Waals surface area contributed by atoms with Crippen molar-refractivity contribution in [1.29, 1.82) is 0 Å². The Bertz CT molecular complexity index is 604. The van der Waals surface area contributed by atoms with Gasteiger partial charge >= 0.3 is 0 Å². The van der Waals surface area contributed by atoms with E-state index in [0.717, 1.165) is 22.4 Å². The molecule has 1 N–H and O–H groups in total. The molecular weight excluding hydrogens is 308 g/mol. The fourth-order valence-corrected chi connectivity index (χ4v) is 2.20. The van der Waals surface area contributed by atoms with Crippen LogP contribution in [0.1, 0.15) is 28.7 Å². The molecule has 0 aliphatic rings. The Balaban J connectivity index is 2.25. The predicted molar refractivity (Wildman–Crippen MR) is 77.3 cm³/mol. The third-order valence-corrected chi connectivity index (χ3v) is 3.35. The van der Waals surface area contributed by atoms with Crippen LogP contribution in [0.3, 0.4) is 0 Å². The molecule has 0 radical (unpaired) electrons. The van der Waals surface area contributed by atoms with Crippen molar-refractivity contribution in [1.82, 2.24) is 14.8 Å². The molecule has 2 heterocycles. The van der Waals surface area contributed by atoms with Crippen LogP contribution in [0.25, 0.3) is 0 Å². The third kappa shape index (κ3) is 2.84. The Morgan fingerprint density at radius 1 is 1.42 bits per heavy atom. The van der Waals surface area contributed by atoms with Crippen molar-refractivity contribution in [2.24, 2.45) is 0 Å². The number of aryl methyl sites for hydroxylation is 2. The van der Waals surface area contributed by atoms with Gasteiger partial charge in [0.15, 0.2) is 0 Å². The number of hydrogen-bond donors (Lipinski definition) is 1. The maximum absolute atomic E-state index is 12.3. The SMILES string of the molecule is CCn1nc(C)c(C(=O)Nc2ccc(Br)cn2)c1C. The van der Waals surface area contributed by atoms with E-state index in [2.05, 4.69) is 31.3 Å². The summed E-state index contributed by atoms with van der Waals surface area (Å²) >= 11 is 3.30. The highest BCUT2D eigenvalue weighted by Gasteiger charge is 2.18. The Kier molecular flexibility index (Phi) is 3.99. The van der Waals surface area contributed by atoms with Crippen molar-refractivity contribution < 1.29 is 4.79 Å². The normalized spacial score (nSPS) is 10.5. The first-order valence-electron chi connectivity index (χ1n) is 5.99. The molecule has 100 valence electrons. The molecular formula is C13H15BrN4O. The number of anilines is 1. The van der Waals surface area contributed by atoms with Crippen LogP contribution in [0.4, 0.5) is 5.82 Å². The van der Waals surface area contributed by atoms with Crippen LogP contribution in [0, 0.1) is 13.8 Å². The Morgan fingerprint density at radius 3 is 2.68 bits per heavy atom. The summed E-state index contributed by atoms with van der Waals surface area (Å²) in [6, 6.07) is 3.58. The van der Waals surface area contributed by atoms with E-state index in [1.807, 2.05) is 31.5 Å². The molecule has 0 aliphatic carbocycles. The van der Waals surface area contributed by atoms with E-state index in [1.54, 1.807) is 12.3 Å². The summed E-state index contributed by atoms with van der Waals surface area (Å²) in [5.41, 5.74) is 2.22. The van der Waals surface area contributed by atoms with Crippen LogP contribution in [0.2, 0.25) is 0 Å². The number of rotatable bonds is 3. The standard InChI is InChI=1S/C13H15BrN4O/c1-4-18-9(3)12(8(2)17-18)13(19)16-11-6-5-10(14)7-15-11/h5-7H,4H2,1-3H3,(H,15,16,19). The lowest BCUT2D eigenvalue weighted by Gasteiger charge is -2.05. The lowest BCUT2D eigenvalue weighted by Crippen LogP contribution is -2.15. The maximum Gasteiger partial charge on any atom is 0.260 e. The van der Waals surface area contributed by atoms with Crippen LogP contribution in [0.5, 0.6) is 0 Å². The van der Waals surface area contributed by atoms with Crippen LogP contribution in [-0.2, 0) is 6.54 Å². The molecule has 5 nitrogen and oxygen atoms in total. The first-order chi connectivity index (χ1) is 9.02. The van der Waals surface area contributed by atoms with Crippen molar-refractivity contribution in [3.63, 3.8) is 0 Å². The summed E-state index contributed by atoms with van der Waals surface area (Å²) in [4.78, 5) is 16.4. The fraction of sp³-hybridized carbons (Fsp3) is 0.308. The van der Waals surface area contributed by atoms with Gasteiger partial charge in [-0.3, -0.25) is 9.48 Å². The number of pyridine rings is 1. The zero-order chi connectivity index (χ0) is 14.0. The number of nitrogens with one attached hydrogen (secondary N) is 1. The zero-order valence-corrected chi connectivity index (χ0v) is 12.7. The summed E-state index contributed by atoms with van der Waals surface area (Å²) in [6.07, 6.45) is 1.64. The predicted octanol–water partition coefficient (Wildman–Crippen LogP) is 2.93. The van der Waals surface area contributed by atoms with Crippen molar-refractivity contribution in [2.75, 3.05) is 5.32 Å². The lowest BCUT2D eigenvalue weighted by atomic mass is 10.2. The first-order valence-corrected chi connectivity index (χ1v) is 6.79. The van der Waals surface area contributed by atoms with Gasteiger partial charge in [0, 0.05) is 22.9 Å². The Hall–Kier alpha value is -1.69. The number of hydrogen-bond acceptors (Lipinski definition) is 3. The smallest absolute Gasteiger partial charge is 0.260 e. The van der Waals surface area contributed by atoms with Gasteiger partial charge in [-0.1, -0.05) is 0 Å². The van der Waals surface area contributed by atoms with E-state index in [1.165, 1.54) is 0 Å². The molecule has 2 aromatic heterocycles. The van der Waals surface area contributed by atoms with Gasteiger partial charge in [0.1, 0.15) is 5.82 Å². The van der Waals surface area contributed by atoms with Crippen molar-refractivity contribution >= 4 is 27.7 Å². The molecule has 2 aromatic rings. The molecule has 2 rings (SSSR count). The minimum atomic E-state index is -0.176. The maximum atomic E-state index is 12.3. The highest BCUT2D eigenvalue weighted by molar-refractivity contribution is 9.10. The summed E-state index contributed by atoms with van der Waals surface area (Å²) in [5, 5.41) is 7.11. The minimum Gasteiger partial charge on any atom is -0.306 e. The first kappa shape index (κ1) is 13.7. The molecule has 0 aromatic carbocycles. The number of carbonyl (C=O) groups excluding carboxylic acids is 1. The van der Waals surface area contributed by atoms with Crippen molar-refractivity contribution in [3.05, 3.63) is 39.8 Å². The minimum absolute atomic E-state index is 0.176. The van der Waals surface area contributed by atoms with Gasteiger partial charge in [-0.25, -0.2) is 4.98 Å². The molecule has 0 bridgehead atoms. The highest BCUT2D eigenvalue weighted by Crippen LogP contribution is 2.16. The second-order valence-electron chi connectivity index (χ2n) is 4.18. The Labute approximate surface area is 120 Å². The van der Waals surface area contributed by atoms with E-state index in [0.29, 0.717) is 11.4 Å². The lowest BCUT2D eigenvalue weighted by molar-refractivity contribution is 0.102. The van der Waals surface area contributed by atoms with Crippen LogP contribution in [0.15, 0.2) is 22.8 Å². The van der Waals surface area contributed by atoms with Gasteiger partial charge in [-0.15, -0.1) is 0 Å². The number of nitrogens with zero attached hydrogens (tertiary/aromatic N) is 3. The van der Waals surface area contributed by atoms with E-state index in [-0.39, 0.29) is 5.91 Å². The van der Waals surface area contributed by atoms with E-state index in [4.69, 9.17) is 0 Å². The van der Waals surface area contributed by atoms with Crippen LogP contribution < -0.4 is 5.32 Å². The molecule has 0 aliphatic heterocycles. The second kappa shape index (κ2) is 5.52. The summed E-state index contributed by atoms with van der Waals surface area (Å²) < 4.78 is 2.69. The topological polar surface area (TPSA) is 59.8 Å². The average molecular weight is 323 g/mol. The van der Waals surface area contributed by atoms with Gasteiger partial charge < -0.3 is 5.32 Å². The quantitative estimate of drug-likeness (QED) is 0.945. The van der Waals surface area contributed by atoms with E-state index < -0.39 is 0 Å². The van der Waals surface area contributed by atoms with Crippen molar-refractivity contribution in [2.45, 2.75) is 27.3 Å². The third-order valence-electron chi connectivity index (χ3n) is 2.88. The zero-order valence-electron chi connectivity index (χ0n) is 11.1. The second-order valence-corrected chi connectivity index (χ2v) is 5.09. The molecule has 0 saturated carbocycles. The molecule has 19 heavy (non-hydrogen) atoms. The van der Waals surface area contributed by atoms with Gasteiger partial charge in [0.05, 0.1) is 11.3 Å². The van der Waals surface area contributed by atoms with Gasteiger partial charge in [0.2, 0.25) is 0 Å². The number of halogens is 1. The van der Waals surface area contributed by atoms with E-state index in [9.17, 15) is 4.79 Å². The summed E-state index contributed by atoms with van der Waals surface area (Å²) in [5.74, 6) is 0.348. The van der Waals surface area contributed by atoms with Crippen LogP contribution in [-0.4, -0.2) is 20.7 Å². The largest absolute Gasteiger partial charge is 0.306 e. The molecule has 6 heteroatoms. The molecule has 1 amide bonds. The van der Waals surface area contributed by atoms with Crippen molar-refractivity contribution in [3.8, 4) is 0 Å². The molecule has 0 saturated heterocycles. The number of amides is 1. The summed E-state index contributed by atoms with van der Waals surface area (Å²) in [7, 11) is 0. The molecule has 0 fully saturated rings. The van der Waals surface area contributed by atoms with Crippen LogP contribution >= 0.6 is 15.9 Å². The van der Waals surface area contributed by atoms with E-state index >= 15 is 0 Å². The monoisotopic (exact) mass is 322 g/mol. The van der Waals surface area contributed by atoms with Gasteiger partial charge in [-0.05, 0) is 48.8 Å². The fourth-order valence-electron chi connectivity index (χ4n) is 1.96. The van der Waals surface area contributed by atoms with Gasteiger partial charge in [-0.2, -0.15) is 5.10 Å². The number of aromatic nitrogens is 3. The molecule has 0 unspecified atom stereocenters.